The fraction of sp³-hybridized carbons (Fsp3) is 0. The van der Waals surface area contributed by atoms with Crippen LogP contribution in [0.15, 0.2) is 223 Å². The molecule has 0 bridgehead atoms. The topological polar surface area (TPSA) is 21.3 Å². The molecule has 3 heteroatoms. The summed E-state index contributed by atoms with van der Waals surface area (Å²) in [6.07, 6.45) is 0. The van der Waals surface area contributed by atoms with Gasteiger partial charge in [0, 0.05) is 49.2 Å². The average Bonchev–Trinajstić information content (AvgIpc) is 3.86. The maximum Gasteiger partial charge on any atom is 0.143 e. The minimum Gasteiger partial charge on any atom is -0.455 e. The SMILES string of the molecule is c1ccc(N(c2ccccc2-c2cccc3c2oc2ccccc23)c2cc3ccccc3c3ccccc23)c(-c2ccccc2-n2c3ccccc3c3ccccc32)c1. The van der Waals surface area contributed by atoms with E-state index in [-0.39, 0.29) is 0 Å². The van der Waals surface area contributed by atoms with Crippen LogP contribution >= 0.6 is 0 Å². The largest absolute Gasteiger partial charge is 0.455 e. The highest BCUT2D eigenvalue weighted by Gasteiger charge is 2.26. The molecular weight excluding hydrogens is 717 g/mol. The zero-order chi connectivity index (χ0) is 38.9. The molecule has 2 heterocycles. The lowest BCUT2D eigenvalue weighted by molar-refractivity contribution is 0.670. The van der Waals surface area contributed by atoms with Gasteiger partial charge in [0.15, 0.2) is 0 Å². The van der Waals surface area contributed by atoms with Crippen molar-refractivity contribution in [2.45, 2.75) is 0 Å². The Hall–Kier alpha value is -7.88. The van der Waals surface area contributed by atoms with E-state index in [1.807, 2.05) is 6.07 Å². The summed E-state index contributed by atoms with van der Waals surface area (Å²) in [5.74, 6) is 0. The van der Waals surface area contributed by atoms with Gasteiger partial charge in [-0.2, -0.15) is 0 Å². The second-order valence-electron chi connectivity index (χ2n) is 15.2. The molecule has 0 saturated heterocycles. The summed E-state index contributed by atoms with van der Waals surface area (Å²) in [4.78, 5) is 2.49. The summed E-state index contributed by atoms with van der Waals surface area (Å²) in [6, 6.07) is 78.8. The second-order valence-corrected chi connectivity index (χ2v) is 15.2. The fourth-order valence-corrected chi connectivity index (χ4v) is 9.44. The number of furan rings is 1. The number of aromatic nitrogens is 1. The molecule has 0 N–H and O–H groups in total. The Labute approximate surface area is 341 Å². The minimum absolute atomic E-state index is 0.884. The lowest BCUT2D eigenvalue weighted by Crippen LogP contribution is -2.13. The van der Waals surface area contributed by atoms with Crippen LogP contribution in [0.5, 0.6) is 0 Å². The third-order valence-corrected chi connectivity index (χ3v) is 12.0. The Morgan fingerprint density at radius 1 is 0.322 bits per heavy atom. The summed E-state index contributed by atoms with van der Waals surface area (Å²) in [5, 5.41) is 9.51. The van der Waals surface area contributed by atoms with Gasteiger partial charge in [-0.25, -0.2) is 0 Å². The van der Waals surface area contributed by atoms with Crippen molar-refractivity contribution in [3.63, 3.8) is 0 Å². The third-order valence-electron chi connectivity index (χ3n) is 12.0. The Bertz CT molecular complexity index is 3540. The molecule has 0 aliphatic carbocycles. The molecule has 12 rings (SSSR count). The smallest absolute Gasteiger partial charge is 0.143 e. The molecule has 0 aliphatic heterocycles. The number of benzene rings is 10. The Morgan fingerprint density at radius 2 is 0.814 bits per heavy atom. The molecule has 0 aliphatic rings. The molecule has 3 nitrogen and oxygen atoms in total. The molecule has 2 aromatic heterocycles. The number of nitrogens with zero attached hydrogens (tertiary/aromatic N) is 2. The molecule has 12 aromatic rings. The van der Waals surface area contributed by atoms with Gasteiger partial charge >= 0.3 is 0 Å². The molecule has 0 saturated carbocycles. The summed E-state index contributed by atoms with van der Waals surface area (Å²) in [7, 11) is 0. The van der Waals surface area contributed by atoms with E-state index in [1.165, 1.54) is 43.4 Å². The molecule has 0 spiro atoms. The molecular formula is C56H36N2O. The van der Waals surface area contributed by atoms with E-state index in [2.05, 4.69) is 222 Å². The lowest BCUT2D eigenvalue weighted by atomic mass is 9.95. The van der Waals surface area contributed by atoms with Gasteiger partial charge in [-0.3, -0.25) is 0 Å². The number of para-hydroxylation sites is 7. The van der Waals surface area contributed by atoms with Gasteiger partial charge in [-0.1, -0.05) is 176 Å². The van der Waals surface area contributed by atoms with Gasteiger partial charge in [0.25, 0.3) is 0 Å². The first kappa shape index (κ1) is 33.3. The van der Waals surface area contributed by atoms with Gasteiger partial charge in [0.1, 0.15) is 11.2 Å². The summed E-state index contributed by atoms with van der Waals surface area (Å²) >= 11 is 0. The van der Waals surface area contributed by atoms with Crippen LogP contribution in [0.1, 0.15) is 0 Å². The van der Waals surface area contributed by atoms with Crippen molar-refractivity contribution in [3.8, 4) is 27.9 Å². The van der Waals surface area contributed by atoms with Crippen LogP contribution in [-0.2, 0) is 0 Å². The average molecular weight is 753 g/mol. The standard InChI is InChI=1S/C56H36N2O/c1-2-19-38-37(18-1)36-54(40-21-4-3-20-39(38)40)58(53-34-15-9-26-45(53)47-28-17-29-48-46-27-10-16-35-55(46)59-56(47)48)52-33-14-8-25-44(52)43-24-7-13-32-51(43)57-49-30-11-5-22-41(49)42-23-6-12-31-50(42)57/h1-36H. The molecule has 10 aromatic carbocycles. The predicted molar refractivity (Wildman–Crippen MR) is 249 cm³/mol. The third kappa shape index (κ3) is 5.15. The molecule has 0 fully saturated rings. The number of anilines is 3. The maximum atomic E-state index is 6.71. The van der Waals surface area contributed by atoms with Crippen molar-refractivity contribution in [1.29, 1.82) is 0 Å². The zero-order valence-electron chi connectivity index (χ0n) is 32.1. The van der Waals surface area contributed by atoms with Crippen LogP contribution in [-0.4, -0.2) is 4.57 Å². The van der Waals surface area contributed by atoms with Crippen molar-refractivity contribution < 1.29 is 4.42 Å². The monoisotopic (exact) mass is 752 g/mol. The van der Waals surface area contributed by atoms with Gasteiger partial charge in [-0.05, 0) is 58.6 Å². The highest BCUT2D eigenvalue weighted by Crippen LogP contribution is 2.50. The number of rotatable bonds is 6. The quantitative estimate of drug-likeness (QED) is 0.158. The van der Waals surface area contributed by atoms with Crippen LogP contribution in [0, 0.1) is 0 Å². The summed E-state index contributed by atoms with van der Waals surface area (Å²) in [6.45, 7) is 0. The molecule has 59 heavy (non-hydrogen) atoms. The summed E-state index contributed by atoms with van der Waals surface area (Å²) in [5.41, 5.74) is 12.9. The van der Waals surface area contributed by atoms with E-state index < -0.39 is 0 Å². The van der Waals surface area contributed by atoms with Crippen LogP contribution < -0.4 is 4.90 Å². The fourth-order valence-electron chi connectivity index (χ4n) is 9.44. The second kappa shape index (κ2) is 13.4. The first-order chi connectivity index (χ1) is 29.3. The maximum absolute atomic E-state index is 6.71. The van der Waals surface area contributed by atoms with Crippen molar-refractivity contribution in [2.75, 3.05) is 4.90 Å². The van der Waals surface area contributed by atoms with E-state index in [0.717, 1.165) is 66.9 Å². The first-order valence-corrected chi connectivity index (χ1v) is 20.2. The van der Waals surface area contributed by atoms with Gasteiger partial charge in [-0.15, -0.1) is 0 Å². The Kier molecular flexibility index (Phi) is 7.54. The minimum atomic E-state index is 0.884. The van der Waals surface area contributed by atoms with Crippen LogP contribution in [0.3, 0.4) is 0 Å². The number of fused-ring (bicyclic) bond motifs is 9. The van der Waals surface area contributed by atoms with Gasteiger partial charge in [0.2, 0.25) is 0 Å². The lowest BCUT2D eigenvalue weighted by Gasteiger charge is -2.31. The van der Waals surface area contributed by atoms with E-state index in [4.69, 9.17) is 4.42 Å². The highest BCUT2D eigenvalue weighted by atomic mass is 16.3. The number of hydrogen-bond donors (Lipinski definition) is 0. The van der Waals surface area contributed by atoms with Crippen molar-refractivity contribution in [1.82, 2.24) is 4.57 Å². The van der Waals surface area contributed by atoms with Gasteiger partial charge < -0.3 is 13.9 Å². The Morgan fingerprint density at radius 3 is 1.54 bits per heavy atom. The normalized spacial score (nSPS) is 11.7. The first-order valence-electron chi connectivity index (χ1n) is 20.2. The molecule has 276 valence electrons. The van der Waals surface area contributed by atoms with Crippen LogP contribution in [0.4, 0.5) is 17.1 Å². The summed E-state index contributed by atoms with van der Waals surface area (Å²) < 4.78 is 9.14. The van der Waals surface area contributed by atoms with Crippen LogP contribution in [0.2, 0.25) is 0 Å². The van der Waals surface area contributed by atoms with E-state index in [9.17, 15) is 0 Å². The van der Waals surface area contributed by atoms with Gasteiger partial charge in [0.05, 0.1) is 33.8 Å². The van der Waals surface area contributed by atoms with Crippen molar-refractivity contribution >= 4 is 82.4 Å². The van der Waals surface area contributed by atoms with Crippen LogP contribution in [0.25, 0.3) is 93.2 Å². The van der Waals surface area contributed by atoms with E-state index in [1.54, 1.807) is 0 Å². The van der Waals surface area contributed by atoms with Crippen molar-refractivity contribution in [3.05, 3.63) is 218 Å². The van der Waals surface area contributed by atoms with Crippen molar-refractivity contribution in [2.24, 2.45) is 0 Å². The Balaban J connectivity index is 1.18. The molecule has 0 radical (unpaired) electrons. The molecule has 0 atom stereocenters. The zero-order valence-corrected chi connectivity index (χ0v) is 32.1. The van der Waals surface area contributed by atoms with E-state index >= 15 is 0 Å². The number of hydrogen-bond acceptors (Lipinski definition) is 2. The van der Waals surface area contributed by atoms with E-state index in [0.29, 0.717) is 0 Å². The highest BCUT2D eigenvalue weighted by molar-refractivity contribution is 6.17. The molecule has 0 amide bonds. The molecule has 0 unspecified atom stereocenters. The predicted octanol–water partition coefficient (Wildman–Crippen LogP) is 15.8.